The number of ketones is 1. The largest absolute Gasteiger partial charge is 0.448 e. The Balaban J connectivity index is 1.50. The third kappa shape index (κ3) is 4.59. The maximum absolute atomic E-state index is 13.5. The number of piperazine rings is 1. The number of para-hydroxylation sites is 1. The molecule has 7 heteroatoms. The van der Waals surface area contributed by atoms with Crippen molar-refractivity contribution >= 4 is 22.8 Å². The second-order valence-corrected chi connectivity index (χ2v) is 10.3. The van der Waals surface area contributed by atoms with E-state index in [1.165, 1.54) is 4.68 Å². The van der Waals surface area contributed by atoms with Gasteiger partial charge in [-0.3, -0.25) is 9.69 Å². The van der Waals surface area contributed by atoms with Gasteiger partial charge in [-0.25, -0.2) is 4.79 Å². The van der Waals surface area contributed by atoms with Gasteiger partial charge in [-0.15, -0.1) is 0 Å². The van der Waals surface area contributed by atoms with Crippen LogP contribution in [-0.4, -0.2) is 77.3 Å². The number of likely N-dealkylation sites (tertiary alicyclic amines) is 1. The number of aromatic nitrogens is 2. The smallest absolute Gasteiger partial charge is 0.435 e. The van der Waals surface area contributed by atoms with Gasteiger partial charge in [0.15, 0.2) is 5.78 Å². The van der Waals surface area contributed by atoms with Crippen molar-refractivity contribution in [3.63, 3.8) is 0 Å². The zero-order chi connectivity index (χ0) is 23.0. The van der Waals surface area contributed by atoms with Crippen LogP contribution < -0.4 is 0 Å². The Labute approximate surface area is 190 Å². The van der Waals surface area contributed by atoms with E-state index in [4.69, 9.17) is 4.74 Å². The molecule has 0 saturated carbocycles. The summed E-state index contributed by atoms with van der Waals surface area (Å²) in [7, 11) is 4.44. The van der Waals surface area contributed by atoms with E-state index in [0.29, 0.717) is 41.2 Å². The van der Waals surface area contributed by atoms with E-state index < -0.39 is 6.09 Å². The van der Waals surface area contributed by atoms with E-state index in [0.717, 1.165) is 32.4 Å². The highest BCUT2D eigenvalue weighted by Crippen LogP contribution is 2.35. The zero-order valence-corrected chi connectivity index (χ0v) is 20.0. The minimum absolute atomic E-state index is 0.0119. The van der Waals surface area contributed by atoms with Crippen LogP contribution in [0.1, 0.15) is 50.5 Å². The number of hydrogen-bond donors (Lipinski definition) is 0. The van der Waals surface area contributed by atoms with Crippen molar-refractivity contribution in [2.75, 3.05) is 33.8 Å². The van der Waals surface area contributed by atoms with Gasteiger partial charge in [-0.2, -0.15) is 9.78 Å². The van der Waals surface area contributed by atoms with E-state index in [2.05, 4.69) is 29.0 Å². The monoisotopic (exact) mass is 440 g/mol. The van der Waals surface area contributed by atoms with Crippen molar-refractivity contribution in [3.8, 4) is 0 Å². The summed E-state index contributed by atoms with van der Waals surface area (Å²) in [5.74, 6) is 0.645. The molecule has 0 aliphatic carbocycles. The Bertz CT molecular complexity index is 969. The molecule has 0 radical (unpaired) electrons. The predicted octanol–water partition coefficient (Wildman–Crippen LogP) is 3.91. The van der Waals surface area contributed by atoms with Crippen molar-refractivity contribution in [1.29, 1.82) is 0 Å². The topological polar surface area (TPSA) is 67.7 Å². The summed E-state index contributed by atoms with van der Waals surface area (Å²) in [4.78, 5) is 31.0. The van der Waals surface area contributed by atoms with Crippen LogP contribution >= 0.6 is 0 Å². The number of likely N-dealkylation sites (N-methyl/N-ethyl adjacent to an activating group) is 2. The van der Waals surface area contributed by atoms with E-state index >= 15 is 0 Å². The van der Waals surface area contributed by atoms with Gasteiger partial charge in [0.25, 0.3) is 0 Å². The Hall–Kier alpha value is -2.25. The fraction of sp³-hybridized carbons (Fsp3) is 0.640. The molecule has 2 aliphatic heterocycles. The highest BCUT2D eigenvalue weighted by atomic mass is 16.6. The fourth-order valence-corrected chi connectivity index (χ4v) is 5.42. The molecule has 32 heavy (non-hydrogen) atoms. The van der Waals surface area contributed by atoms with Crippen LogP contribution in [0.5, 0.6) is 0 Å². The minimum atomic E-state index is -0.533. The molecule has 1 aromatic carbocycles. The normalized spacial score (nSPS) is 25.2. The summed E-state index contributed by atoms with van der Waals surface area (Å²) in [5, 5.41) is 5.15. The van der Waals surface area contributed by atoms with Gasteiger partial charge < -0.3 is 9.64 Å². The van der Waals surface area contributed by atoms with Gasteiger partial charge >= 0.3 is 6.09 Å². The van der Waals surface area contributed by atoms with Gasteiger partial charge in [0.05, 0.1) is 12.1 Å². The number of carbonyl (C=O) groups is 2. The highest BCUT2D eigenvalue weighted by molar-refractivity contribution is 6.08. The first-order chi connectivity index (χ1) is 15.2. The zero-order valence-electron chi connectivity index (χ0n) is 20.0. The van der Waals surface area contributed by atoms with E-state index in [1.54, 1.807) is 0 Å². The third-order valence-electron chi connectivity index (χ3n) is 7.08. The van der Waals surface area contributed by atoms with Crippen LogP contribution in [0.25, 0.3) is 10.9 Å². The molecule has 0 N–H and O–H groups in total. The number of fused-ring (bicyclic) bond motifs is 3. The summed E-state index contributed by atoms with van der Waals surface area (Å²) < 4.78 is 6.62. The number of piperidine rings is 1. The lowest BCUT2D eigenvalue weighted by atomic mass is 9.78. The molecule has 0 amide bonds. The standard InChI is InChI=1S/C25H36N4O3/c1-16(2)15-32-25(31)29-22-9-7-6-8-21(22)23(26-29)24(30)17(3)10-18-11-19-13-27(4)14-20(12-18)28(19)5/h6-9,16-20H,10-15H2,1-5H3/t17-,18?,19?,20?/m1/s1. The molecule has 4 rings (SSSR count). The molecule has 1 aromatic heterocycles. The Kier molecular flexibility index (Phi) is 6.67. The van der Waals surface area contributed by atoms with Crippen LogP contribution in [-0.2, 0) is 4.74 Å². The van der Waals surface area contributed by atoms with Crippen LogP contribution in [0.4, 0.5) is 4.79 Å². The molecule has 2 saturated heterocycles. The van der Waals surface area contributed by atoms with E-state index in [-0.39, 0.29) is 17.6 Å². The summed E-state index contributed by atoms with van der Waals surface area (Å²) >= 11 is 0. The molecule has 2 unspecified atom stereocenters. The highest BCUT2D eigenvalue weighted by Gasteiger charge is 2.39. The number of carbonyl (C=O) groups excluding carboxylic acids is 2. The maximum Gasteiger partial charge on any atom is 0.435 e. The van der Waals surface area contributed by atoms with Crippen molar-refractivity contribution in [3.05, 3.63) is 30.0 Å². The maximum atomic E-state index is 13.5. The molecular weight excluding hydrogens is 404 g/mol. The molecule has 2 fully saturated rings. The Morgan fingerprint density at radius 1 is 1.09 bits per heavy atom. The second-order valence-electron chi connectivity index (χ2n) is 10.3. The number of benzene rings is 1. The second kappa shape index (κ2) is 9.32. The molecule has 2 bridgehead atoms. The molecule has 2 aromatic rings. The molecule has 0 spiro atoms. The number of rotatable bonds is 6. The first-order valence-corrected chi connectivity index (χ1v) is 11.8. The Morgan fingerprint density at radius 2 is 1.75 bits per heavy atom. The van der Waals surface area contributed by atoms with Gasteiger partial charge in [-0.05, 0) is 51.3 Å². The van der Waals surface area contributed by atoms with E-state index in [9.17, 15) is 9.59 Å². The van der Waals surface area contributed by atoms with Crippen molar-refractivity contribution in [2.24, 2.45) is 17.8 Å². The van der Waals surface area contributed by atoms with Crippen molar-refractivity contribution in [2.45, 2.75) is 52.1 Å². The van der Waals surface area contributed by atoms with Gasteiger partial charge in [0.2, 0.25) is 0 Å². The molecule has 174 valence electrons. The molecule has 3 heterocycles. The minimum Gasteiger partial charge on any atom is -0.448 e. The third-order valence-corrected chi connectivity index (χ3v) is 7.08. The lowest BCUT2D eigenvalue weighted by Crippen LogP contribution is -2.59. The summed E-state index contributed by atoms with van der Waals surface area (Å²) in [6.45, 7) is 8.49. The quantitative estimate of drug-likeness (QED) is 0.635. The first kappa shape index (κ1) is 22.9. The van der Waals surface area contributed by atoms with Gasteiger partial charge in [0, 0.05) is 36.5 Å². The summed E-state index contributed by atoms with van der Waals surface area (Å²) in [5.41, 5.74) is 0.996. The summed E-state index contributed by atoms with van der Waals surface area (Å²) in [6, 6.07) is 8.54. The lowest BCUT2D eigenvalue weighted by Gasteiger charge is -2.50. The SMILES string of the molecule is CC(C)COC(=O)n1nc(C(=O)[C@H](C)CC2CC3CN(C)CC(C2)N3C)c2ccccc21. The number of nitrogens with zero attached hydrogens (tertiary/aromatic N) is 4. The average molecular weight is 441 g/mol. The van der Waals surface area contributed by atoms with Crippen LogP contribution in [0, 0.1) is 17.8 Å². The van der Waals surface area contributed by atoms with Gasteiger partial charge in [-0.1, -0.05) is 39.0 Å². The van der Waals surface area contributed by atoms with Crippen molar-refractivity contribution < 1.29 is 14.3 Å². The van der Waals surface area contributed by atoms with Crippen molar-refractivity contribution in [1.82, 2.24) is 19.6 Å². The molecule has 2 aliphatic rings. The van der Waals surface area contributed by atoms with Crippen LogP contribution in [0.15, 0.2) is 24.3 Å². The number of Topliss-reactive ketones (excluding diaryl/α,β-unsaturated/α-hetero) is 1. The first-order valence-electron chi connectivity index (χ1n) is 11.8. The van der Waals surface area contributed by atoms with Gasteiger partial charge in [0.1, 0.15) is 5.69 Å². The predicted molar refractivity (Wildman–Crippen MR) is 125 cm³/mol. The lowest BCUT2D eigenvalue weighted by molar-refractivity contribution is -0.00584. The number of ether oxygens (including phenoxy) is 1. The van der Waals surface area contributed by atoms with E-state index in [1.807, 2.05) is 45.0 Å². The average Bonchev–Trinajstić information content (AvgIpc) is 3.13. The molecule has 7 nitrogen and oxygen atoms in total. The molecular formula is C25H36N4O3. The Morgan fingerprint density at radius 3 is 2.41 bits per heavy atom. The number of hydrogen-bond acceptors (Lipinski definition) is 6. The summed E-state index contributed by atoms with van der Waals surface area (Å²) in [6.07, 6.45) is 2.59. The van der Waals surface area contributed by atoms with Crippen LogP contribution in [0.3, 0.4) is 0 Å². The fourth-order valence-electron chi connectivity index (χ4n) is 5.42. The molecule has 3 atom stereocenters. The van der Waals surface area contributed by atoms with Crippen LogP contribution in [0.2, 0.25) is 0 Å².